The van der Waals surface area contributed by atoms with E-state index in [0.717, 1.165) is 25.9 Å². The van der Waals surface area contributed by atoms with Crippen LogP contribution in [0.4, 0.5) is 4.79 Å². The minimum atomic E-state index is -0.440. The first-order chi connectivity index (χ1) is 10.2. The van der Waals surface area contributed by atoms with Gasteiger partial charge in [-0.1, -0.05) is 11.6 Å². The van der Waals surface area contributed by atoms with Crippen LogP contribution in [0.15, 0.2) is 18.5 Å². The first-order valence-electron chi connectivity index (χ1n) is 7.50. The quantitative estimate of drug-likeness (QED) is 0.835. The van der Waals surface area contributed by atoms with Gasteiger partial charge in [0.25, 0.3) is 0 Å². The van der Waals surface area contributed by atoms with Crippen LogP contribution in [0.3, 0.4) is 0 Å². The van der Waals surface area contributed by atoms with E-state index in [0.29, 0.717) is 10.8 Å². The number of amides is 1. The molecule has 1 saturated carbocycles. The molecule has 0 bridgehead atoms. The lowest BCUT2D eigenvalue weighted by atomic mass is 9.62. The van der Waals surface area contributed by atoms with Gasteiger partial charge in [0.1, 0.15) is 17.5 Å². The smallest absolute Gasteiger partial charge is 0.410 e. The molecule has 22 heavy (non-hydrogen) atoms. The molecule has 0 N–H and O–H groups in total. The summed E-state index contributed by atoms with van der Waals surface area (Å²) >= 11 is 5.89. The van der Waals surface area contributed by atoms with Crippen molar-refractivity contribution in [1.82, 2.24) is 9.88 Å². The van der Waals surface area contributed by atoms with Crippen LogP contribution >= 0.6 is 11.6 Å². The van der Waals surface area contributed by atoms with Crippen molar-refractivity contribution in [2.75, 3.05) is 13.1 Å². The summed E-state index contributed by atoms with van der Waals surface area (Å²) in [6.07, 6.45) is 5.13. The third kappa shape index (κ3) is 3.29. The van der Waals surface area contributed by atoms with Crippen LogP contribution in [0.5, 0.6) is 5.75 Å². The van der Waals surface area contributed by atoms with Gasteiger partial charge < -0.3 is 14.4 Å². The standard InChI is InChI=1S/C16H21ClN2O3/c1-15(2,3)22-14(20)19-9-16(10-19)5-13(6-16)21-12-4-11(17)7-18-8-12/h4,7-8,13H,5-6,9-10H2,1-3H3. The molecule has 2 aliphatic rings. The number of carbonyl (C=O) groups excluding carboxylic acids is 1. The van der Waals surface area contributed by atoms with E-state index in [4.69, 9.17) is 21.1 Å². The summed E-state index contributed by atoms with van der Waals surface area (Å²) in [5.74, 6) is 0.704. The number of aromatic nitrogens is 1. The molecule has 1 spiro atoms. The largest absolute Gasteiger partial charge is 0.489 e. The second-order valence-corrected chi connectivity index (χ2v) is 7.76. The zero-order chi connectivity index (χ0) is 16.0. The van der Waals surface area contributed by atoms with Crippen molar-refractivity contribution in [3.63, 3.8) is 0 Å². The van der Waals surface area contributed by atoms with Gasteiger partial charge in [0.05, 0.1) is 11.2 Å². The Balaban J connectivity index is 1.44. The minimum Gasteiger partial charge on any atom is -0.489 e. The summed E-state index contributed by atoms with van der Waals surface area (Å²) in [6, 6.07) is 1.77. The van der Waals surface area contributed by atoms with Crippen LogP contribution in [0.2, 0.25) is 5.02 Å². The van der Waals surface area contributed by atoms with Gasteiger partial charge in [0, 0.05) is 30.8 Å². The molecule has 0 unspecified atom stereocenters. The third-order valence-corrected chi connectivity index (χ3v) is 4.21. The summed E-state index contributed by atoms with van der Waals surface area (Å²) in [5, 5.41) is 0.575. The Morgan fingerprint density at radius 2 is 2.05 bits per heavy atom. The van der Waals surface area contributed by atoms with Crippen LogP contribution < -0.4 is 4.74 Å². The molecule has 2 fully saturated rings. The van der Waals surface area contributed by atoms with Gasteiger partial charge >= 0.3 is 6.09 Å². The van der Waals surface area contributed by atoms with Crippen LogP contribution in [0.25, 0.3) is 0 Å². The van der Waals surface area contributed by atoms with E-state index in [1.54, 1.807) is 23.4 Å². The number of hydrogen-bond acceptors (Lipinski definition) is 4. The molecule has 1 saturated heterocycles. The van der Waals surface area contributed by atoms with Gasteiger partial charge in [-0.3, -0.25) is 4.98 Å². The topological polar surface area (TPSA) is 51.7 Å². The van der Waals surface area contributed by atoms with Crippen molar-refractivity contribution in [1.29, 1.82) is 0 Å². The fourth-order valence-corrected chi connectivity index (χ4v) is 3.28. The number of likely N-dealkylation sites (tertiary alicyclic amines) is 1. The molecule has 2 heterocycles. The molecule has 0 radical (unpaired) electrons. The first kappa shape index (κ1) is 15.4. The summed E-state index contributed by atoms with van der Waals surface area (Å²) in [4.78, 5) is 17.7. The van der Waals surface area contributed by atoms with Crippen molar-refractivity contribution in [2.45, 2.75) is 45.3 Å². The summed E-state index contributed by atoms with van der Waals surface area (Å²) < 4.78 is 11.2. The highest BCUT2D eigenvalue weighted by Crippen LogP contribution is 2.49. The average molecular weight is 325 g/mol. The van der Waals surface area contributed by atoms with Gasteiger partial charge in [-0.2, -0.15) is 0 Å². The number of hydrogen-bond donors (Lipinski definition) is 0. The molecule has 1 aromatic heterocycles. The monoisotopic (exact) mass is 324 g/mol. The fourth-order valence-electron chi connectivity index (χ4n) is 3.12. The number of ether oxygens (including phenoxy) is 2. The predicted molar refractivity (Wildman–Crippen MR) is 83.1 cm³/mol. The van der Waals surface area contributed by atoms with Crippen molar-refractivity contribution in [3.8, 4) is 5.75 Å². The zero-order valence-corrected chi connectivity index (χ0v) is 13.9. The Morgan fingerprint density at radius 1 is 1.36 bits per heavy atom. The van der Waals surface area contributed by atoms with E-state index < -0.39 is 5.60 Å². The molecule has 0 atom stereocenters. The molecule has 1 aliphatic carbocycles. The first-order valence-corrected chi connectivity index (χ1v) is 7.88. The van der Waals surface area contributed by atoms with Crippen molar-refractivity contribution < 1.29 is 14.3 Å². The normalized spacial score (nSPS) is 20.3. The molecule has 0 aromatic carbocycles. The molecular weight excluding hydrogens is 304 g/mol. The third-order valence-electron chi connectivity index (χ3n) is 4.01. The van der Waals surface area contributed by atoms with E-state index >= 15 is 0 Å². The van der Waals surface area contributed by atoms with Gasteiger partial charge in [-0.15, -0.1) is 0 Å². The molecule has 6 heteroatoms. The number of pyridine rings is 1. The number of nitrogens with zero attached hydrogens (tertiary/aromatic N) is 2. The Labute approximate surface area is 135 Å². The Morgan fingerprint density at radius 3 is 2.64 bits per heavy atom. The SMILES string of the molecule is CC(C)(C)OC(=O)N1CC2(CC(Oc3cncc(Cl)c3)C2)C1. The van der Waals surface area contributed by atoms with E-state index in [1.165, 1.54) is 0 Å². The molecule has 1 aliphatic heterocycles. The van der Waals surface area contributed by atoms with E-state index in [1.807, 2.05) is 20.8 Å². The van der Waals surface area contributed by atoms with Crippen molar-refractivity contribution in [3.05, 3.63) is 23.5 Å². The second-order valence-electron chi connectivity index (χ2n) is 7.32. The fraction of sp³-hybridized carbons (Fsp3) is 0.625. The molecule has 3 rings (SSSR count). The highest BCUT2D eigenvalue weighted by Gasteiger charge is 2.55. The summed E-state index contributed by atoms with van der Waals surface area (Å²) in [7, 11) is 0. The molecule has 120 valence electrons. The Hall–Kier alpha value is -1.49. The van der Waals surface area contributed by atoms with Gasteiger partial charge in [0.2, 0.25) is 0 Å². The van der Waals surface area contributed by atoms with Gasteiger partial charge in [-0.05, 0) is 33.6 Å². The second kappa shape index (κ2) is 5.30. The minimum absolute atomic E-state index is 0.182. The maximum Gasteiger partial charge on any atom is 0.410 e. The number of rotatable bonds is 2. The van der Waals surface area contributed by atoms with Crippen molar-refractivity contribution in [2.24, 2.45) is 5.41 Å². The predicted octanol–water partition coefficient (Wildman–Crippen LogP) is 3.51. The lowest BCUT2D eigenvalue weighted by molar-refractivity contribution is -0.116. The Bertz CT molecular complexity index is 571. The Kier molecular flexibility index (Phi) is 3.71. The lowest BCUT2D eigenvalue weighted by Crippen LogP contribution is -2.66. The van der Waals surface area contributed by atoms with E-state index in [-0.39, 0.29) is 17.6 Å². The highest BCUT2D eigenvalue weighted by atomic mass is 35.5. The summed E-state index contributed by atoms with van der Waals surface area (Å²) in [6.45, 7) is 7.16. The van der Waals surface area contributed by atoms with Crippen LogP contribution in [-0.4, -0.2) is 40.8 Å². The number of carbonyl (C=O) groups is 1. The zero-order valence-electron chi connectivity index (χ0n) is 13.1. The van der Waals surface area contributed by atoms with E-state index in [9.17, 15) is 4.79 Å². The maximum atomic E-state index is 11.9. The molecule has 1 amide bonds. The number of halogens is 1. The van der Waals surface area contributed by atoms with E-state index in [2.05, 4.69) is 4.98 Å². The highest BCUT2D eigenvalue weighted by molar-refractivity contribution is 6.30. The van der Waals surface area contributed by atoms with Crippen molar-refractivity contribution >= 4 is 17.7 Å². The van der Waals surface area contributed by atoms with Gasteiger partial charge in [-0.25, -0.2) is 4.79 Å². The van der Waals surface area contributed by atoms with Gasteiger partial charge in [0.15, 0.2) is 0 Å². The van der Waals surface area contributed by atoms with Crippen LogP contribution in [0, 0.1) is 5.41 Å². The van der Waals surface area contributed by atoms with Crippen LogP contribution in [-0.2, 0) is 4.74 Å². The summed E-state index contributed by atoms with van der Waals surface area (Å²) in [5.41, 5.74) is -0.224. The maximum absolute atomic E-state index is 11.9. The molecule has 5 nitrogen and oxygen atoms in total. The van der Waals surface area contributed by atoms with Crippen LogP contribution in [0.1, 0.15) is 33.6 Å². The molecule has 1 aromatic rings. The average Bonchev–Trinajstić information content (AvgIpc) is 2.28. The lowest BCUT2D eigenvalue weighted by Gasteiger charge is -2.58. The molecular formula is C16H21ClN2O3.